The van der Waals surface area contributed by atoms with Crippen LogP contribution < -0.4 is 0 Å². The van der Waals surface area contributed by atoms with Crippen molar-refractivity contribution in [2.75, 3.05) is 19.7 Å². The van der Waals surface area contributed by atoms with Gasteiger partial charge in [-0.15, -0.1) is 10.2 Å². The van der Waals surface area contributed by atoms with E-state index in [9.17, 15) is 4.39 Å². The summed E-state index contributed by atoms with van der Waals surface area (Å²) < 4.78 is 21.2. The Morgan fingerprint density at radius 2 is 2.00 bits per heavy atom. The molecule has 2 fully saturated rings. The van der Waals surface area contributed by atoms with Gasteiger partial charge in [-0.1, -0.05) is 12.1 Å². The second-order valence-corrected chi connectivity index (χ2v) is 6.35. The number of aromatic nitrogens is 3. The minimum atomic E-state index is -0.183. The zero-order chi connectivity index (χ0) is 15.0. The summed E-state index contributed by atoms with van der Waals surface area (Å²) in [5.74, 6) is -0.183. The van der Waals surface area contributed by atoms with Gasteiger partial charge in [-0.05, 0) is 24.1 Å². The molecule has 116 valence electrons. The van der Waals surface area contributed by atoms with Crippen LogP contribution in [0.25, 0.3) is 0 Å². The number of likely N-dealkylation sites (tertiary alicyclic amines) is 1. The molecule has 2 aromatic rings. The van der Waals surface area contributed by atoms with Gasteiger partial charge < -0.3 is 9.30 Å². The number of hydrogen-bond donors (Lipinski definition) is 0. The average molecular weight is 302 g/mol. The van der Waals surface area contributed by atoms with E-state index >= 15 is 0 Å². The van der Waals surface area contributed by atoms with Gasteiger partial charge in [0.25, 0.3) is 0 Å². The Balaban J connectivity index is 1.39. The number of rotatable bonds is 3. The molecule has 3 heterocycles. The lowest BCUT2D eigenvalue weighted by Crippen LogP contribution is -2.32. The Bertz CT molecular complexity index is 630. The highest BCUT2D eigenvalue weighted by Crippen LogP contribution is 2.40. The first-order valence-electron chi connectivity index (χ1n) is 7.67. The molecule has 0 N–H and O–H groups in total. The van der Waals surface area contributed by atoms with Gasteiger partial charge >= 0.3 is 0 Å². The second kappa shape index (κ2) is 5.44. The zero-order valence-electron chi connectivity index (χ0n) is 12.4. The van der Waals surface area contributed by atoms with E-state index in [0.717, 1.165) is 44.6 Å². The highest BCUT2D eigenvalue weighted by Gasteiger charge is 2.45. The number of halogens is 1. The van der Waals surface area contributed by atoms with Crippen molar-refractivity contribution in [2.45, 2.75) is 31.0 Å². The molecule has 0 radical (unpaired) electrons. The normalized spacial score (nSPS) is 28.7. The summed E-state index contributed by atoms with van der Waals surface area (Å²) >= 11 is 0. The van der Waals surface area contributed by atoms with E-state index in [-0.39, 0.29) is 11.4 Å². The maximum Gasteiger partial charge on any atom is 0.123 e. The van der Waals surface area contributed by atoms with Crippen molar-refractivity contribution in [1.29, 1.82) is 0 Å². The molecule has 6 heteroatoms. The van der Waals surface area contributed by atoms with Gasteiger partial charge in [-0.3, -0.25) is 4.90 Å². The van der Waals surface area contributed by atoms with Crippen LogP contribution in [0.3, 0.4) is 0 Å². The molecular weight excluding hydrogens is 283 g/mol. The Hall–Kier alpha value is -1.79. The molecule has 1 aromatic carbocycles. The largest absolute Gasteiger partial charge is 0.371 e. The fraction of sp³-hybridized carbons (Fsp3) is 0.500. The third kappa shape index (κ3) is 2.64. The fourth-order valence-electron chi connectivity index (χ4n) is 3.60. The summed E-state index contributed by atoms with van der Waals surface area (Å²) in [5.41, 5.74) is 1.10. The van der Waals surface area contributed by atoms with Gasteiger partial charge in [-0.2, -0.15) is 0 Å². The van der Waals surface area contributed by atoms with Gasteiger partial charge in [0.05, 0.1) is 18.2 Å². The fourth-order valence-corrected chi connectivity index (χ4v) is 3.60. The van der Waals surface area contributed by atoms with E-state index in [1.54, 1.807) is 12.7 Å². The quantitative estimate of drug-likeness (QED) is 0.870. The third-order valence-electron chi connectivity index (χ3n) is 4.76. The van der Waals surface area contributed by atoms with Crippen molar-refractivity contribution in [3.05, 3.63) is 48.3 Å². The molecule has 2 aliphatic heterocycles. The molecule has 5 nitrogen and oxygen atoms in total. The van der Waals surface area contributed by atoms with Crippen LogP contribution in [0.2, 0.25) is 0 Å². The van der Waals surface area contributed by atoms with Crippen molar-refractivity contribution < 1.29 is 9.13 Å². The van der Waals surface area contributed by atoms with Crippen molar-refractivity contribution in [2.24, 2.45) is 0 Å². The van der Waals surface area contributed by atoms with Crippen molar-refractivity contribution >= 4 is 0 Å². The van der Waals surface area contributed by atoms with E-state index in [1.807, 2.05) is 16.7 Å². The monoisotopic (exact) mass is 302 g/mol. The number of ether oxygens (including phenoxy) is 1. The molecule has 0 aliphatic carbocycles. The van der Waals surface area contributed by atoms with Crippen LogP contribution in [0.5, 0.6) is 0 Å². The molecule has 2 atom stereocenters. The average Bonchev–Trinajstić information content (AvgIpc) is 3.24. The SMILES string of the molecule is Fc1ccc(CN2CC[C@]3(C[C@@H](n4cnnc4)CO3)C2)cc1. The predicted molar refractivity (Wildman–Crippen MR) is 78.7 cm³/mol. The summed E-state index contributed by atoms with van der Waals surface area (Å²) in [6, 6.07) is 7.09. The van der Waals surface area contributed by atoms with E-state index in [2.05, 4.69) is 15.1 Å². The van der Waals surface area contributed by atoms with Gasteiger partial charge in [0.2, 0.25) is 0 Å². The Morgan fingerprint density at radius 3 is 2.77 bits per heavy atom. The van der Waals surface area contributed by atoms with Gasteiger partial charge in [0, 0.05) is 26.1 Å². The molecule has 1 spiro atoms. The molecule has 2 aliphatic rings. The maximum absolute atomic E-state index is 13.0. The molecular formula is C16H19FN4O. The van der Waals surface area contributed by atoms with E-state index in [4.69, 9.17) is 4.74 Å². The van der Waals surface area contributed by atoms with E-state index < -0.39 is 0 Å². The topological polar surface area (TPSA) is 43.2 Å². The van der Waals surface area contributed by atoms with Crippen molar-refractivity contribution in [1.82, 2.24) is 19.7 Å². The van der Waals surface area contributed by atoms with Gasteiger partial charge in [0.15, 0.2) is 0 Å². The molecule has 2 saturated heterocycles. The van der Waals surface area contributed by atoms with Crippen LogP contribution in [-0.2, 0) is 11.3 Å². The van der Waals surface area contributed by atoms with E-state index in [0.29, 0.717) is 6.04 Å². The first-order chi connectivity index (χ1) is 10.7. The molecule has 0 amide bonds. The maximum atomic E-state index is 13.0. The molecule has 4 rings (SSSR count). The predicted octanol–water partition coefficient (Wildman–Crippen LogP) is 2.02. The highest BCUT2D eigenvalue weighted by atomic mass is 19.1. The zero-order valence-corrected chi connectivity index (χ0v) is 12.4. The van der Waals surface area contributed by atoms with Crippen LogP contribution in [0, 0.1) is 5.82 Å². The van der Waals surface area contributed by atoms with Crippen molar-refractivity contribution in [3.63, 3.8) is 0 Å². The smallest absolute Gasteiger partial charge is 0.123 e. The minimum absolute atomic E-state index is 0.0467. The summed E-state index contributed by atoms with van der Waals surface area (Å²) in [4.78, 5) is 2.39. The second-order valence-electron chi connectivity index (χ2n) is 6.35. The minimum Gasteiger partial charge on any atom is -0.371 e. The lowest BCUT2D eigenvalue weighted by atomic mass is 9.97. The third-order valence-corrected chi connectivity index (χ3v) is 4.76. The number of hydrogen-bond acceptors (Lipinski definition) is 4. The van der Waals surface area contributed by atoms with Gasteiger partial charge in [0.1, 0.15) is 18.5 Å². The summed E-state index contributed by atoms with van der Waals surface area (Å²) in [5, 5.41) is 7.75. The van der Waals surface area contributed by atoms with Crippen LogP contribution >= 0.6 is 0 Å². The van der Waals surface area contributed by atoms with Crippen LogP contribution in [-0.4, -0.2) is 45.0 Å². The van der Waals surface area contributed by atoms with Crippen LogP contribution in [0.4, 0.5) is 4.39 Å². The molecule has 22 heavy (non-hydrogen) atoms. The molecule has 0 unspecified atom stereocenters. The summed E-state index contributed by atoms with van der Waals surface area (Å²) in [6.45, 7) is 3.53. The van der Waals surface area contributed by atoms with E-state index in [1.165, 1.54) is 12.1 Å². The number of benzene rings is 1. The first kappa shape index (κ1) is 13.8. The first-order valence-corrected chi connectivity index (χ1v) is 7.67. The Labute approximate surface area is 128 Å². The molecule has 0 bridgehead atoms. The van der Waals surface area contributed by atoms with Crippen LogP contribution in [0.1, 0.15) is 24.4 Å². The van der Waals surface area contributed by atoms with Crippen molar-refractivity contribution in [3.8, 4) is 0 Å². The van der Waals surface area contributed by atoms with Crippen LogP contribution in [0.15, 0.2) is 36.9 Å². The lowest BCUT2D eigenvalue weighted by molar-refractivity contribution is 0.0112. The molecule has 0 saturated carbocycles. The lowest BCUT2D eigenvalue weighted by Gasteiger charge is -2.23. The van der Waals surface area contributed by atoms with Gasteiger partial charge in [-0.25, -0.2) is 4.39 Å². The molecule has 1 aromatic heterocycles. The summed E-state index contributed by atoms with van der Waals surface area (Å²) in [6.07, 6.45) is 5.58. The Morgan fingerprint density at radius 1 is 1.23 bits per heavy atom. The Kier molecular flexibility index (Phi) is 3.43. The highest BCUT2D eigenvalue weighted by molar-refractivity contribution is 5.16. The number of nitrogens with zero attached hydrogens (tertiary/aromatic N) is 4. The summed E-state index contributed by atoms with van der Waals surface area (Å²) in [7, 11) is 0. The standard InChI is InChI=1S/C16H19FN4O/c17-14-3-1-13(2-4-14)8-20-6-5-16(10-20)7-15(9-22-16)21-11-18-19-12-21/h1-4,11-12,15H,5-10H2/t15-,16+/m1/s1.